The molecule has 0 aliphatic carbocycles. The lowest BCUT2D eigenvalue weighted by molar-refractivity contribution is -0.131. The summed E-state index contributed by atoms with van der Waals surface area (Å²) >= 11 is 0. The Bertz CT molecular complexity index is 732. The molecule has 27 heavy (non-hydrogen) atoms. The van der Waals surface area contributed by atoms with Crippen LogP contribution >= 0.6 is 0 Å². The third kappa shape index (κ3) is 5.53. The minimum Gasteiger partial charge on any atom is -0.496 e. The number of amides is 1. The van der Waals surface area contributed by atoms with Gasteiger partial charge in [0.1, 0.15) is 18.4 Å². The van der Waals surface area contributed by atoms with Crippen LogP contribution in [0.15, 0.2) is 30.9 Å². The summed E-state index contributed by atoms with van der Waals surface area (Å²) < 4.78 is 7.20. The fraction of sp³-hybridized carbons (Fsp3) is 0.550. The van der Waals surface area contributed by atoms with Gasteiger partial charge >= 0.3 is 0 Å². The van der Waals surface area contributed by atoms with E-state index in [4.69, 9.17) is 4.74 Å². The van der Waals surface area contributed by atoms with Crippen molar-refractivity contribution in [3.05, 3.63) is 42.0 Å². The van der Waals surface area contributed by atoms with Crippen LogP contribution in [0.3, 0.4) is 0 Å². The summed E-state index contributed by atoms with van der Waals surface area (Å²) in [6.45, 7) is 7.25. The van der Waals surface area contributed by atoms with Crippen molar-refractivity contribution in [1.29, 1.82) is 0 Å². The van der Waals surface area contributed by atoms with Gasteiger partial charge in [0.15, 0.2) is 0 Å². The SMILES string of the molecule is COc1cc(CN2CCCN(C(=O)CCCn3cncn3)CC2)ccc1C. The highest BCUT2D eigenvalue weighted by atomic mass is 16.5. The zero-order valence-corrected chi connectivity index (χ0v) is 16.3. The summed E-state index contributed by atoms with van der Waals surface area (Å²) in [7, 11) is 1.71. The first-order chi connectivity index (χ1) is 13.2. The zero-order valence-electron chi connectivity index (χ0n) is 16.3. The van der Waals surface area contributed by atoms with Crippen LogP contribution in [-0.4, -0.2) is 63.8 Å². The van der Waals surface area contributed by atoms with Gasteiger partial charge in [-0.15, -0.1) is 0 Å². The molecule has 1 aliphatic rings. The first-order valence-corrected chi connectivity index (χ1v) is 9.62. The van der Waals surface area contributed by atoms with E-state index >= 15 is 0 Å². The Morgan fingerprint density at radius 3 is 2.89 bits per heavy atom. The molecular weight excluding hydrogens is 342 g/mol. The zero-order chi connectivity index (χ0) is 19.1. The van der Waals surface area contributed by atoms with Gasteiger partial charge in [-0.3, -0.25) is 14.4 Å². The van der Waals surface area contributed by atoms with Crippen molar-refractivity contribution in [2.75, 3.05) is 33.3 Å². The molecule has 1 saturated heterocycles. The molecule has 0 spiro atoms. The Labute approximate surface area is 160 Å². The van der Waals surface area contributed by atoms with E-state index in [0.29, 0.717) is 6.42 Å². The molecular formula is C20H29N5O2. The molecule has 7 heteroatoms. The first kappa shape index (κ1) is 19.4. The molecule has 146 valence electrons. The van der Waals surface area contributed by atoms with Crippen LogP contribution in [0.4, 0.5) is 0 Å². The fourth-order valence-corrected chi connectivity index (χ4v) is 3.50. The molecule has 1 amide bonds. The molecule has 0 unspecified atom stereocenters. The van der Waals surface area contributed by atoms with Crippen LogP contribution in [0, 0.1) is 6.92 Å². The molecule has 1 aromatic heterocycles. The molecule has 2 aromatic rings. The van der Waals surface area contributed by atoms with Gasteiger partial charge in [0.25, 0.3) is 0 Å². The van der Waals surface area contributed by atoms with E-state index in [0.717, 1.165) is 63.4 Å². The van der Waals surface area contributed by atoms with Gasteiger partial charge in [0.05, 0.1) is 7.11 Å². The number of hydrogen-bond donors (Lipinski definition) is 0. The van der Waals surface area contributed by atoms with Crippen molar-refractivity contribution in [3.63, 3.8) is 0 Å². The lowest BCUT2D eigenvalue weighted by atomic mass is 10.1. The fourth-order valence-electron chi connectivity index (χ4n) is 3.50. The molecule has 0 bridgehead atoms. The molecule has 1 aliphatic heterocycles. The Hall–Kier alpha value is -2.41. The van der Waals surface area contributed by atoms with E-state index in [2.05, 4.69) is 40.1 Å². The molecule has 2 heterocycles. The summed E-state index contributed by atoms with van der Waals surface area (Å²) in [5, 5.41) is 4.07. The van der Waals surface area contributed by atoms with E-state index in [-0.39, 0.29) is 5.91 Å². The van der Waals surface area contributed by atoms with Crippen LogP contribution in [-0.2, 0) is 17.9 Å². The third-order valence-electron chi connectivity index (χ3n) is 5.06. The van der Waals surface area contributed by atoms with Crippen molar-refractivity contribution in [2.24, 2.45) is 0 Å². The molecule has 0 saturated carbocycles. The summed E-state index contributed by atoms with van der Waals surface area (Å²) in [6, 6.07) is 6.39. The van der Waals surface area contributed by atoms with E-state index in [1.807, 2.05) is 4.90 Å². The highest BCUT2D eigenvalue weighted by Crippen LogP contribution is 2.20. The lowest BCUT2D eigenvalue weighted by Gasteiger charge is -2.22. The second-order valence-corrected chi connectivity index (χ2v) is 7.08. The highest BCUT2D eigenvalue weighted by molar-refractivity contribution is 5.76. The molecule has 0 atom stereocenters. The number of methoxy groups -OCH3 is 1. The number of carbonyl (C=O) groups excluding carboxylic acids is 1. The van der Waals surface area contributed by atoms with Crippen molar-refractivity contribution in [2.45, 2.75) is 39.3 Å². The normalized spacial score (nSPS) is 15.6. The van der Waals surface area contributed by atoms with Gasteiger partial charge in [-0.25, -0.2) is 4.98 Å². The van der Waals surface area contributed by atoms with Crippen LogP contribution in [0.1, 0.15) is 30.4 Å². The summed E-state index contributed by atoms with van der Waals surface area (Å²) in [5.74, 6) is 1.18. The minimum absolute atomic E-state index is 0.244. The average Bonchev–Trinajstić information content (AvgIpc) is 3.08. The van der Waals surface area contributed by atoms with Crippen molar-refractivity contribution >= 4 is 5.91 Å². The molecule has 3 rings (SSSR count). The van der Waals surface area contributed by atoms with Crippen LogP contribution in [0.25, 0.3) is 0 Å². The quantitative estimate of drug-likeness (QED) is 0.746. The molecule has 0 radical (unpaired) electrons. The largest absolute Gasteiger partial charge is 0.496 e. The number of carbonyl (C=O) groups is 1. The number of benzene rings is 1. The number of aryl methyl sites for hydroxylation is 2. The van der Waals surface area contributed by atoms with Gasteiger partial charge in [-0.2, -0.15) is 5.10 Å². The minimum atomic E-state index is 0.244. The van der Waals surface area contributed by atoms with Gasteiger partial charge in [0.2, 0.25) is 5.91 Å². The monoisotopic (exact) mass is 371 g/mol. The van der Waals surface area contributed by atoms with E-state index in [9.17, 15) is 4.79 Å². The number of aromatic nitrogens is 3. The Balaban J connectivity index is 1.46. The maximum absolute atomic E-state index is 12.5. The topological polar surface area (TPSA) is 63.5 Å². The van der Waals surface area contributed by atoms with E-state index in [1.165, 1.54) is 11.9 Å². The highest BCUT2D eigenvalue weighted by Gasteiger charge is 2.19. The smallest absolute Gasteiger partial charge is 0.222 e. The Kier molecular flexibility index (Phi) is 6.81. The standard InChI is InChI=1S/C20H29N5O2/c1-17-6-7-18(13-19(17)27-2)14-23-8-4-9-24(12-11-23)20(26)5-3-10-25-16-21-15-22-25/h6-7,13,15-16H,3-5,8-12,14H2,1-2H3. The predicted octanol–water partition coefficient (Wildman–Crippen LogP) is 2.11. The molecule has 1 fully saturated rings. The van der Waals surface area contributed by atoms with Gasteiger partial charge in [-0.05, 0) is 37.0 Å². The molecule has 0 N–H and O–H groups in total. The Morgan fingerprint density at radius 1 is 1.22 bits per heavy atom. The maximum Gasteiger partial charge on any atom is 0.222 e. The average molecular weight is 371 g/mol. The summed E-state index contributed by atoms with van der Waals surface area (Å²) in [6.07, 6.45) is 5.58. The molecule has 1 aromatic carbocycles. The lowest BCUT2D eigenvalue weighted by Crippen LogP contribution is -2.35. The molecule has 7 nitrogen and oxygen atoms in total. The maximum atomic E-state index is 12.5. The predicted molar refractivity (Wildman–Crippen MR) is 103 cm³/mol. The van der Waals surface area contributed by atoms with E-state index in [1.54, 1.807) is 18.1 Å². The van der Waals surface area contributed by atoms with Gasteiger partial charge in [-0.1, -0.05) is 12.1 Å². The second kappa shape index (κ2) is 9.50. The van der Waals surface area contributed by atoms with Crippen molar-refractivity contribution < 1.29 is 9.53 Å². The van der Waals surface area contributed by atoms with Crippen LogP contribution in [0.5, 0.6) is 5.75 Å². The summed E-state index contributed by atoms with van der Waals surface area (Å²) in [5.41, 5.74) is 2.41. The second-order valence-electron chi connectivity index (χ2n) is 7.08. The van der Waals surface area contributed by atoms with Gasteiger partial charge in [0, 0.05) is 45.7 Å². The van der Waals surface area contributed by atoms with Gasteiger partial charge < -0.3 is 9.64 Å². The van der Waals surface area contributed by atoms with Crippen LogP contribution < -0.4 is 4.74 Å². The number of nitrogens with zero attached hydrogens (tertiary/aromatic N) is 5. The number of hydrogen-bond acceptors (Lipinski definition) is 5. The van der Waals surface area contributed by atoms with Crippen LogP contribution in [0.2, 0.25) is 0 Å². The van der Waals surface area contributed by atoms with Crippen molar-refractivity contribution in [3.8, 4) is 5.75 Å². The number of rotatable bonds is 7. The van der Waals surface area contributed by atoms with E-state index < -0.39 is 0 Å². The number of ether oxygens (including phenoxy) is 1. The first-order valence-electron chi connectivity index (χ1n) is 9.62. The third-order valence-corrected chi connectivity index (χ3v) is 5.06. The Morgan fingerprint density at radius 2 is 2.11 bits per heavy atom. The summed E-state index contributed by atoms with van der Waals surface area (Å²) in [4.78, 5) is 20.9. The van der Waals surface area contributed by atoms with Crippen molar-refractivity contribution in [1.82, 2.24) is 24.6 Å².